The lowest BCUT2D eigenvalue weighted by molar-refractivity contribution is -0.133. The average Bonchev–Trinajstić information content (AvgIpc) is 3.29. The van der Waals surface area contributed by atoms with Crippen molar-refractivity contribution in [3.05, 3.63) is 17.5 Å². The molecular formula is C19H29N5O3. The van der Waals surface area contributed by atoms with E-state index in [1.165, 1.54) is 15.6 Å². The average molecular weight is 375 g/mol. The number of carbonyl (C=O) groups excluding carboxylic acids is 3. The van der Waals surface area contributed by atoms with E-state index < -0.39 is 5.54 Å². The number of fused-ring (bicyclic) bond motifs is 1. The summed E-state index contributed by atoms with van der Waals surface area (Å²) >= 11 is 0. The molecule has 3 rings (SSSR count). The Morgan fingerprint density at radius 3 is 2.67 bits per heavy atom. The van der Waals surface area contributed by atoms with Gasteiger partial charge in [-0.05, 0) is 33.1 Å². The molecule has 2 aliphatic rings. The van der Waals surface area contributed by atoms with Gasteiger partial charge in [-0.15, -0.1) is 0 Å². The number of aromatic nitrogens is 2. The smallest absolute Gasteiger partial charge is 0.272 e. The second kappa shape index (κ2) is 7.32. The second-order valence-electron chi connectivity index (χ2n) is 7.95. The van der Waals surface area contributed by atoms with Gasteiger partial charge in [0.2, 0.25) is 5.91 Å². The molecule has 8 nitrogen and oxygen atoms in total. The van der Waals surface area contributed by atoms with Crippen molar-refractivity contribution < 1.29 is 14.4 Å². The number of hydrogen-bond donors (Lipinski definition) is 2. The maximum atomic E-state index is 12.9. The number of nitrogens with one attached hydrogen (secondary N) is 2. The molecule has 1 saturated carbocycles. The van der Waals surface area contributed by atoms with Crippen LogP contribution in [0.15, 0.2) is 6.07 Å². The monoisotopic (exact) mass is 375 g/mol. The van der Waals surface area contributed by atoms with Gasteiger partial charge in [0.15, 0.2) is 5.69 Å². The van der Waals surface area contributed by atoms with Crippen LogP contribution in [0.2, 0.25) is 0 Å². The third-order valence-electron chi connectivity index (χ3n) is 5.90. The Bertz CT molecular complexity index is 753. The lowest BCUT2D eigenvalue weighted by atomic mass is 9.95. The molecule has 0 bridgehead atoms. The summed E-state index contributed by atoms with van der Waals surface area (Å²) in [5, 5.41) is 10.2. The van der Waals surface area contributed by atoms with E-state index >= 15 is 0 Å². The molecule has 1 aromatic rings. The van der Waals surface area contributed by atoms with Crippen LogP contribution in [-0.4, -0.2) is 57.1 Å². The van der Waals surface area contributed by atoms with Gasteiger partial charge in [-0.3, -0.25) is 19.1 Å². The van der Waals surface area contributed by atoms with Crippen molar-refractivity contribution in [2.75, 3.05) is 7.05 Å². The molecule has 2 atom stereocenters. The Balaban J connectivity index is 1.82. The first-order chi connectivity index (χ1) is 12.8. The molecule has 0 aromatic carbocycles. The minimum Gasteiger partial charge on any atom is -0.351 e. The van der Waals surface area contributed by atoms with Crippen molar-refractivity contribution in [2.45, 2.75) is 77.0 Å². The highest BCUT2D eigenvalue weighted by Gasteiger charge is 2.46. The van der Waals surface area contributed by atoms with E-state index in [0.29, 0.717) is 5.69 Å². The van der Waals surface area contributed by atoms with Gasteiger partial charge in [0, 0.05) is 25.2 Å². The SMILES string of the molecule is CC[C@@H](C)NC(=O)c1cc2n(n1)C[C@](C)(C(=O)NC1CCCC1)N(C)C2=O. The van der Waals surface area contributed by atoms with Gasteiger partial charge in [-0.2, -0.15) is 5.10 Å². The van der Waals surface area contributed by atoms with Crippen molar-refractivity contribution in [2.24, 2.45) is 0 Å². The van der Waals surface area contributed by atoms with E-state index in [0.717, 1.165) is 32.1 Å². The molecule has 1 aliphatic carbocycles. The molecule has 1 fully saturated rings. The molecular weight excluding hydrogens is 346 g/mol. The van der Waals surface area contributed by atoms with Crippen LogP contribution in [0.4, 0.5) is 0 Å². The fourth-order valence-electron chi connectivity index (χ4n) is 3.65. The Hall–Kier alpha value is -2.38. The standard InChI is InChI=1S/C19H29N5O3/c1-5-12(2)20-16(25)14-10-15-17(26)23(4)19(3,11-24(15)22-14)18(27)21-13-8-6-7-9-13/h10,12-13H,5-9,11H2,1-4H3,(H,20,25)(H,21,27)/t12-,19-/m1/s1. The van der Waals surface area contributed by atoms with E-state index in [9.17, 15) is 14.4 Å². The van der Waals surface area contributed by atoms with Crippen LogP contribution in [-0.2, 0) is 11.3 Å². The second-order valence-corrected chi connectivity index (χ2v) is 7.95. The number of carbonyl (C=O) groups is 3. The lowest BCUT2D eigenvalue weighted by Gasteiger charge is -2.41. The number of nitrogens with zero attached hydrogens (tertiary/aromatic N) is 3. The highest BCUT2D eigenvalue weighted by atomic mass is 16.2. The molecule has 2 heterocycles. The number of hydrogen-bond acceptors (Lipinski definition) is 4. The Kier molecular flexibility index (Phi) is 5.26. The quantitative estimate of drug-likeness (QED) is 0.811. The first-order valence-corrected chi connectivity index (χ1v) is 9.74. The molecule has 3 amide bonds. The van der Waals surface area contributed by atoms with Gasteiger partial charge in [-0.1, -0.05) is 19.8 Å². The van der Waals surface area contributed by atoms with E-state index in [-0.39, 0.29) is 42.0 Å². The largest absolute Gasteiger partial charge is 0.351 e. The van der Waals surface area contributed by atoms with E-state index in [4.69, 9.17) is 0 Å². The molecule has 27 heavy (non-hydrogen) atoms. The first-order valence-electron chi connectivity index (χ1n) is 9.74. The predicted molar refractivity (Wildman–Crippen MR) is 100 cm³/mol. The van der Waals surface area contributed by atoms with Crippen LogP contribution in [0.25, 0.3) is 0 Å². The maximum Gasteiger partial charge on any atom is 0.272 e. The van der Waals surface area contributed by atoms with E-state index in [1.54, 1.807) is 14.0 Å². The lowest BCUT2D eigenvalue weighted by Crippen LogP contribution is -2.63. The van der Waals surface area contributed by atoms with Crippen LogP contribution >= 0.6 is 0 Å². The molecule has 8 heteroatoms. The maximum absolute atomic E-state index is 12.9. The molecule has 1 aliphatic heterocycles. The highest BCUT2D eigenvalue weighted by molar-refractivity contribution is 6.01. The number of rotatable bonds is 5. The zero-order chi connectivity index (χ0) is 19.8. The van der Waals surface area contributed by atoms with Gasteiger partial charge in [0.1, 0.15) is 11.2 Å². The molecule has 0 unspecified atom stereocenters. The van der Waals surface area contributed by atoms with Crippen molar-refractivity contribution in [1.29, 1.82) is 0 Å². The van der Waals surface area contributed by atoms with Crippen LogP contribution < -0.4 is 10.6 Å². The van der Waals surface area contributed by atoms with Gasteiger partial charge >= 0.3 is 0 Å². The zero-order valence-corrected chi connectivity index (χ0v) is 16.5. The minimum atomic E-state index is -1.04. The number of amides is 3. The third-order valence-corrected chi connectivity index (χ3v) is 5.90. The summed E-state index contributed by atoms with van der Waals surface area (Å²) in [6.45, 7) is 5.87. The van der Waals surface area contributed by atoms with E-state index in [1.807, 2.05) is 13.8 Å². The molecule has 0 saturated heterocycles. The summed E-state index contributed by atoms with van der Waals surface area (Å²) in [5.41, 5.74) is -0.506. The van der Waals surface area contributed by atoms with Gasteiger partial charge in [0.25, 0.3) is 11.8 Å². The zero-order valence-electron chi connectivity index (χ0n) is 16.5. The summed E-state index contributed by atoms with van der Waals surface area (Å²) in [4.78, 5) is 39.6. The molecule has 0 spiro atoms. The fraction of sp³-hybridized carbons (Fsp3) is 0.684. The topological polar surface area (TPSA) is 96.3 Å². The van der Waals surface area contributed by atoms with Crippen molar-refractivity contribution >= 4 is 17.7 Å². The summed E-state index contributed by atoms with van der Waals surface area (Å²) in [6.07, 6.45) is 5.00. The fourth-order valence-corrected chi connectivity index (χ4v) is 3.65. The molecule has 1 aromatic heterocycles. The highest BCUT2D eigenvalue weighted by Crippen LogP contribution is 2.27. The van der Waals surface area contributed by atoms with Gasteiger partial charge in [0.05, 0.1) is 6.54 Å². The summed E-state index contributed by atoms with van der Waals surface area (Å²) in [7, 11) is 1.63. The van der Waals surface area contributed by atoms with Crippen molar-refractivity contribution in [3.8, 4) is 0 Å². The summed E-state index contributed by atoms with van der Waals surface area (Å²) in [6, 6.07) is 1.70. The summed E-state index contributed by atoms with van der Waals surface area (Å²) < 4.78 is 1.49. The third kappa shape index (κ3) is 3.57. The van der Waals surface area contributed by atoms with Gasteiger partial charge < -0.3 is 15.5 Å². The summed E-state index contributed by atoms with van der Waals surface area (Å²) in [5.74, 6) is -0.781. The van der Waals surface area contributed by atoms with E-state index in [2.05, 4.69) is 15.7 Å². The normalized spacial score (nSPS) is 23.9. The Labute approximate surface area is 159 Å². The van der Waals surface area contributed by atoms with Crippen LogP contribution in [0, 0.1) is 0 Å². The van der Waals surface area contributed by atoms with Crippen LogP contribution in [0.5, 0.6) is 0 Å². The minimum absolute atomic E-state index is 0.0251. The van der Waals surface area contributed by atoms with Crippen molar-refractivity contribution in [3.63, 3.8) is 0 Å². The first kappa shape index (κ1) is 19.4. The Morgan fingerprint density at radius 1 is 1.37 bits per heavy atom. The van der Waals surface area contributed by atoms with Crippen LogP contribution in [0.1, 0.15) is 73.9 Å². The molecule has 2 N–H and O–H groups in total. The van der Waals surface area contributed by atoms with Gasteiger partial charge in [-0.25, -0.2) is 0 Å². The number of likely N-dealkylation sites (N-methyl/N-ethyl adjacent to an activating group) is 1. The Morgan fingerprint density at radius 2 is 2.04 bits per heavy atom. The van der Waals surface area contributed by atoms with Crippen molar-refractivity contribution in [1.82, 2.24) is 25.3 Å². The molecule has 148 valence electrons. The predicted octanol–water partition coefficient (Wildman–Crippen LogP) is 1.31. The molecule has 0 radical (unpaired) electrons. The van der Waals surface area contributed by atoms with Crippen LogP contribution in [0.3, 0.4) is 0 Å².